The van der Waals surface area contributed by atoms with Crippen molar-refractivity contribution in [2.24, 2.45) is 18.0 Å². The Morgan fingerprint density at radius 2 is 1.57 bits per heavy atom. The van der Waals surface area contributed by atoms with E-state index in [1.165, 1.54) is 29.5 Å². The molecule has 0 saturated heterocycles. The lowest BCUT2D eigenvalue weighted by Gasteiger charge is -2.26. The summed E-state index contributed by atoms with van der Waals surface area (Å²) in [5.41, 5.74) is 10.9. The van der Waals surface area contributed by atoms with Crippen LogP contribution in [0.1, 0.15) is 74.0 Å². The number of fused-ring (bicyclic) bond motifs is 2. The number of benzene rings is 3. The fraction of sp³-hybridized carbons (Fsp3) is 0.317. The van der Waals surface area contributed by atoms with Gasteiger partial charge >= 0.3 is 0 Å². The zero-order valence-electron chi connectivity index (χ0n) is 29.0. The van der Waals surface area contributed by atoms with Crippen LogP contribution in [0.4, 0.5) is 5.69 Å². The molecule has 3 aromatic carbocycles. The Labute approximate surface area is 279 Å². The lowest BCUT2D eigenvalue weighted by Crippen LogP contribution is -2.23. The number of aliphatic imine (C=N–C) groups is 1. The summed E-state index contributed by atoms with van der Waals surface area (Å²) in [6, 6.07) is 27.8. The van der Waals surface area contributed by atoms with E-state index in [1.54, 1.807) is 0 Å². The quantitative estimate of drug-likeness (QED) is 0.212. The van der Waals surface area contributed by atoms with Gasteiger partial charge in [-0.25, -0.2) is 9.97 Å². The predicted molar refractivity (Wildman–Crippen MR) is 195 cm³/mol. The highest BCUT2D eigenvalue weighted by Gasteiger charge is 2.74. The molecule has 6 nitrogen and oxygen atoms in total. The second-order valence-electron chi connectivity index (χ2n) is 13.1. The Morgan fingerprint density at radius 3 is 2.28 bits per heavy atom. The molecule has 7 rings (SSSR count). The SMILES string of the molecule is CCCC.Cc1cccc(C2=N[C@]3(c4ccccc4N/C=C\2)[C@H](C)C3(C)c2ccccc2-c2nc(C)cc(-c3c(C)cnn3C)n2)c1. The number of hydrogen-bond acceptors (Lipinski definition) is 5. The molecule has 5 aromatic rings. The van der Waals surface area contributed by atoms with Gasteiger partial charge in [0.1, 0.15) is 5.54 Å². The van der Waals surface area contributed by atoms with E-state index in [2.05, 4.69) is 131 Å². The standard InChI is InChI=1S/C37H36N6.C4H10/c1-23-12-11-13-27(20-23)31-18-19-38-32-17-10-9-16-30(32)37(42-31)26(4)36(37,5)29-15-8-7-14-28(29)35-40-25(3)21-33(41-35)34-24(2)22-39-43(34)6;1-3-4-2/h7-22,26,38H,1-6H3;3-4H2,1-2H3/b19-18-,42-31?;/t26-,36?,37+;/m1./s1. The van der Waals surface area contributed by atoms with Crippen molar-refractivity contribution >= 4 is 11.4 Å². The maximum absolute atomic E-state index is 5.71. The number of aryl methyl sites for hydroxylation is 4. The van der Waals surface area contributed by atoms with Crippen LogP contribution in [0, 0.1) is 26.7 Å². The molecule has 3 heterocycles. The minimum absolute atomic E-state index is 0.207. The van der Waals surface area contributed by atoms with Gasteiger partial charge < -0.3 is 5.32 Å². The van der Waals surface area contributed by atoms with Crippen LogP contribution in [0.5, 0.6) is 0 Å². The van der Waals surface area contributed by atoms with Gasteiger partial charge in [-0.1, -0.05) is 107 Å². The molecule has 1 aliphatic heterocycles. The second kappa shape index (κ2) is 12.7. The summed E-state index contributed by atoms with van der Waals surface area (Å²) in [6.45, 7) is 15.3. The van der Waals surface area contributed by atoms with Crippen molar-refractivity contribution in [3.05, 3.63) is 131 Å². The molecule has 2 aromatic heterocycles. The highest BCUT2D eigenvalue weighted by Crippen LogP contribution is 2.73. The number of hydrogen-bond donors (Lipinski definition) is 1. The number of unbranched alkanes of at least 4 members (excludes halogenated alkanes) is 1. The van der Waals surface area contributed by atoms with Gasteiger partial charge in [-0.05, 0) is 62.1 Å². The van der Waals surface area contributed by atoms with Crippen LogP contribution < -0.4 is 5.32 Å². The van der Waals surface area contributed by atoms with Crippen LogP contribution in [0.3, 0.4) is 0 Å². The van der Waals surface area contributed by atoms with Crippen molar-refractivity contribution in [1.29, 1.82) is 0 Å². The zero-order chi connectivity index (χ0) is 33.3. The topological polar surface area (TPSA) is 68.0 Å². The minimum atomic E-state index is -0.498. The summed E-state index contributed by atoms with van der Waals surface area (Å²) in [4.78, 5) is 15.8. The van der Waals surface area contributed by atoms with Crippen LogP contribution in [0.2, 0.25) is 0 Å². The molecular weight excluding hydrogens is 576 g/mol. The monoisotopic (exact) mass is 622 g/mol. The van der Waals surface area contributed by atoms with Crippen molar-refractivity contribution in [3.8, 4) is 22.8 Å². The molecule has 1 saturated carbocycles. The first-order valence-electron chi connectivity index (χ1n) is 16.8. The Bertz CT molecular complexity index is 1960. The van der Waals surface area contributed by atoms with E-state index >= 15 is 0 Å². The van der Waals surface area contributed by atoms with Gasteiger partial charge in [0.25, 0.3) is 0 Å². The average molecular weight is 623 g/mol. The van der Waals surface area contributed by atoms with Crippen LogP contribution in [-0.4, -0.2) is 25.5 Å². The maximum atomic E-state index is 5.71. The maximum Gasteiger partial charge on any atom is 0.160 e. The smallest absolute Gasteiger partial charge is 0.160 e. The van der Waals surface area contributed by atoms with E-state index in [0.29, 0.717) is 0 Å². The number of aromatic nitrogens is 4. The fourth-order valence-electron chi connectivity index (χ4n) is 7.24. The molecule has 1 N–H and O–H groups in total. The minimum Gasteiger partial charge on any atom is -0.361 e. The van der Waals surface area contributed by atoms with Crippen LogP contribution in [0.25, 0.3) is 22.8 Å². The van der Waals surface area contributed by atoms with E-state index in [4.69, 9.17) is 15.0 Å². The average Bonchev–Trinajstić information content (AvgIpc) is 3.33. The molecule has 1 spiro atoms. The van der Waals surface area contributed by atoms with Gasteiger partial charge in [0.05, 0.1) is 23.3 Å². The van der Waals surface area contributed by atoms with Gasteiger partial charge in [-0.3, -0.25) is 9.67 Å². The summed E-state index contributed by atoms with van der Waals surface area (Å²) >= 11 is 0. The summed E-state index contributed by atoms with van der Waals surface area (Å²) in [7, 11) is 1.96. The van der Waals surface area contributed by atoms with Crippen molar-refractivity contribution < 1.29 is 0 Å². The molecule has 1 fully saturated rings. The molecular formula is C41H46N6. The Morgan fingerprint density at radius 1 is 0.851 bits per heavy atom. The molecule has 0 radical (unpaired) electrons. The van der Waals surface area contributed by atoms with Gasteiger partial charge in [0.2, 0.25) is 0 Å². The second-order valence-corrected chi connectivity index (χ2v) is 13.1. The molecule has 1 aliphatic carbocycles. The van der Waals surface area contributed by atoms with Crippen molar-refractivity contribution in [3.63, 3.8) is 0 Å². The number of nitrogens with one attached hydrogen (secondary N) is 1. The van der Waals surface area contributed by atoms with Crippen LogP contribution >= 0.6 is 0 Å². The molecule has 2 aliphatic rings. The third kappa shape index (κ3) is 5.50. The fourth-order valence-corrected chi connectivity index (χ4v) is 7.24. The Balaban J connectivity index is 0.000000915. The van der Waals surface area contributed by atoms with Crippen molar-refractivity contribution in [1.82, 2.24) is 19.7 Å². The van der Waals surface area contributed by atoms with Gasteiger partial charge in [0.15, 0.2) is 5.82 Å². The first kappa shape index (κ1) is 32.1. The Hall–Kier alpha value is -4.84. The molecule has 1 unspecified atom stereocenters. The van der Waals surface area contributed by atoms with Crippen LogP contribution in [0.15, 0.2) is 102 Å². The number of nitrogens with zero attached hydrogens (tertiary/aromatic N) is 5. The summed E-state index contributed by atoms with van der Waals surface area (Å²) in [5.74, 6) is 0.931. The number of anilines is 1. The lowest BCUT2D eigenvalue weighted by molar-refractivity contribution is 0.598. The molecule has 240 valence electrons. The molecule has 0 bridgehead atoms. The van der Waals surface area contributed by atoms with E-state index in [0.717, 1.165) is 51.0 Å². The summed E-state index contributed by atoms with van der Waals surface area (Å²) in [6.07, 6.45) is 8.64. The largest absolute Gasteiger partial charge is 0.361 e. The normalized spacial score (nSPS) is 21.8. The third-order valence-corrected chi connectivity index (χ3v) is 10.1. The first-order chi connectivity index (χ1) is 22.6. The van der Waals surface area contributed by atoms with Crippen molar-refractivity contribution in [2.45, 2.75) is 72.3 Å². The molecule has 6 heteroatoms. The van der Waals surface area contributed by atoms with Gasteiger partial charge in [0, 0.05) is 46.7 Å². The molecule has 3 atom stereocenters. The van der Waals surface area contributed by atoms with E-state index in [-0.39, 0.29) is 11.3 Å². The summed E-state index contributed by atoms with van der Waals surface area (Å²) in [5, 5.41) is 8.04. The van der Waals surface area contributed by atoms with Gasteiger partial charge in [-0.2, -0.15) is 5.10 Å². The van der Waals surface area contributed by atoms with Crippen molar-refractivity contribution in [2.75, 3.05) is 5.32 Å². The third-order valence-electron chi connectivity index (χ3n) is 10.1. The summed E-state index contributed by atoms with van der Waals surface area (Å²) < 4.78 is 1.89. The first-order valence-corrected chi connectivity index (χ1v) is 16.8. The Kier molecular flexibility index (Phi) is 8.71. The molecule has 0 amide bonds. The highest BCUT2D eigenvalue weighted by molar-refractivity contribution is 6.09. The number of para-hydroxylation sites is 1. The van der Waals surface area contributed by atoms with Crippen LogP contribution in [-0.2, 0) is 18.0 Å². The van der Waals surface area contributed by atoms with E-state index in [1.807, 2.05) is 37.1 Å². The number of rotatable bonds is 5. The highest BCUT2D eigenvalue weighted by atomic mass is 15.3. The molecule has 47 heavy (non-hydrogen) atoms. The van der Waals surface area contributed by atoms with E-state index < -0.39 is 5.54 Å². The number of allylic oxidation sites excluding steroid dienone is 1. The van der Waals surface area contributed by atoms with E-state index in [9.17, 15) is 0 Å². The predicted octanol–water partition coefficient (Wildman–Crippen LogP) is 9.51. The zero-order valence-corrected chi connectivity index (χ0v) is 29.0. The van der Waals surface area contributed by atoms with Gasteiger partial charge in [-0.15, -0.1) is 0 Å². The lowest BCUT2D eigenvalue weighted by atomic mass is 9.84.